The van der Waals surface area contributed by atoms with Gasteiger partial charge in [0, 0.05) is 5.56 Å². The Hall–Kier alpha value is -3.33. The molecule has 0 unspecified atom stereocenters. The van der Waals surface area contributed by atoms with Crippen molar-refractivity contribution >= 4 is 56.7 Å². The van der Waals surface area contributed by atoms with Crippen molar-refractivity contribution in [3.05, 3.63) is 115 Å². The molecular weight excluding hydrogens is 417 g/mol. The second-order valence-electron chi connectivity index (χ2n) is 6.92. The summed E-state index contributed by atoms with van der Waals surface area (Å²) in [4.78, 5) is 4.59. The van der Waals surface area contributed by atoms with E-state index in [0.29, 0.717) is 0 Å². The first-order valence-corrected chi connectivity index (χ1v) is 12.2. The number of hydrogen-bond donors (Lipinski definition) is 1. The van der Waals surface area contributed by atoms with Gasteiger partial charge < -0.3 is 0 Å². The molecule has 150 valence electrons. The fraction of sp³-hybridized carbons (Fsp3) is 0. The van der Waals surface area contributed by atoms with E-state index < -0.39 is 7.92 Å². The summed E-state index contributed by atoms with van der Waals surface area (Å²) in [5, 5.41) is 9.24. The third-order valence-electron chi connectivity index (χ3n) is 4.86. The number of para-hydroxylation sites is 1. The van der Waals surface area contributed by atoms with Crippen LogP contribution < -0.4 is 21.3 Å². The van der Waals surface area contributed by atoms with Crippen LogP contribution in [-0.2, 0) is 0 Å². The number of benzene rings is 4. The maximum absolute atomic E-state index is 4.59. The molecule has 0 saturated carbocycles. The maximum atomic E-state index is 4.59. The van der Waals surface area contributed by atoms with Crippen molar-refractivity contribution in [2.45, 2.75) is 0 Å². The van der Waals surface area contributed by atoms with E-state index in [1.807, 2.05) is 24.4 Å². The van der Waals surface area contributed by atoms with Gasteiger partial charge in [0.1, 0.15) is 0 Å². The van der Waals surface area contributed by atoms with Crippen LogP contribution in [0, 0.1) is 0 Å². The smallest absolute Gasteiger partial charge is 0.204 e. The zero-order chi connectivity index (χ0) is 20.9. The predicted octanol–water partition coefficient (Wildman–Crippen LogP) is 5.50. The molecule has 0 aliphatic rings. The van der Waals surface area contributed by atoms with E-state index in [2.05, 4.69) is 107 Å². The molecule has 31 heavy (non-hydrogen) atoms. The first-order valence-electron chi connectivity index (χ1n) is 10.0. The average Bonchev–Trinajstić information content (AvgIpc) is 3.25. The average molecular weight is 438 g/mol. The highest BCUT2D eigenvalue weighted by molar-refractivity contribution is 7.80. The Labute approximate surface area is 186 Å². The van der Waals surface area contributed by atoms with Gasteiger partial charge in [-0.25, -0.2) is 4.98 Å². The van der Waals surface area contributed by atoms with Crippen LogP contribution in [-0.4, -0.2) is 11.2 Å². The number of hydrazone groups is 1. The standard InChI is InChI=1S/C26H20N3PS/c1-3-12-21(13-4-1)30(22-14-5-2-6-15-22)24-17-9-7-11-20(24)19-27-29-26-28-23-16-8-10-18-25(23)31-26/h1-19H,(H,28,29). The quantitative estimate of drug-likeness (QED) is 0.216. The summed E-state index contributed by atoms with van der Waals surface area (Å²) in [5.74, 6) is 0. The van der Waals surface area contributed by atoms with Gasteiger partial charge in [0.2, 0.25) is 5.13 Å². The topological polar surface area (TPSA) is 37.3 Å². The minimum Gasteiger partial charge on any atom is -0.253 e. The van der Waals surface area contributed by atoms with E-state index in [0.717, 1.165) is 20.9 Å². The molecule has 1 N–H and O–H groups in total. The molecule has 5 heteroatoms. The monoisotopic (exact) mass is 437 g/mol. The summed E-state index contributed by atoms with van der Waals surface area (Å²) in [6.07, 6.45) is 1.91. The van der Waals surface area contributed by atoms with Crippen LogP contribution in [0.25, 0.3) is 10.2 Å². The summed E-state index contributed by atoms with van der Waals surface area (Å²) in [6.45, 7) is 0. The highest BCUT2D eigenvalue weighted by atomic mass is 32.1. The number of aromatic nitrogens is 1. The van der Waals surface area contributed by atoms with Crippen molar-refractivity contribution in [1.82, 2.24) is 4.98 Å². The predicted molar refractivity (Wildman–Crippen MR) is 136 cm³/mol. The van der Waals surface area contributed by atoms with E-state index >= 15 is 0 Å². The Balaban J connectivity index is 1.49. The number of thiazole rings is 1. The zero-order valence-electron chi connectivity index (χ0n) is 16.7. The van der Waals surface area contributed by atoms with E-state index in [9.17, 15) is 0 Å². The van der Waals surface area contributed by atoms with Crippen molar-refractivity contribution in [2.75, 3.05) is 5.43 Å². The van der Waals surface area contributed by atoms with Crippen LogP contribution in [0.1, 0.15) is 5.56 Å². The molecule has 1 aromatic heterocycles. The van der Waals surface area contributed by atoms with Crippen LogP contribution in [0.15, 0.2) is 114 Å². The highest BCUT2D eigenvalue weighted by Gasteiger charge is 2.18. The van der Waals surface area contributed by atoms with Crippen molar-refractivity contribution in [2.24, 2.45) is 5.10 Å². The van der Waals surface area contributed by atoms with Crippen LogP contribution >= 0.6 is 19.3 Å². The van der Waals surface area contributed by atoms with Crippen LogP contribution in [0.3, 0.4) is 0 Å². The van der Waals surface area contributed by atoms with E-state index in [1.54, 1.807) is 11.3 Å². The molecule has 0 bridgehead atoms. The molecule has 5 aromatic rings. The Morgan fingerprint density at radius 3 is 2.03 bits per heavy atom. The summed E-state index contributed by atoms with van der Waals surface area (Å²) < 4.78 is 1.15. The molecule has 0 amide bonds. The molecule has 3 nitrogen and oxygen atoms in total. The van der Waals surface area contributed by atoms with Crippen LogP contribution in [0.2, 0.25) is 0 Å². The molecule has 1 heterocycles. The molecule has 0 aliphatic heterocycles. The van der Waals surface area contributed by atoms with Gasteiger partial charge in [-0.15, -0.1) is 0 Å². The van der Waals surface area contributed by atoms with Gasteiger partial charge in [-0.3, -0.25) is 5.43 Å². The first kappa shape index (κ1) is 19.6. The molecule has 0 fully saturated rings. The molecule has 0 radical (unpaired) electrons. The van der Waals surface area contributed by atoms with Crippen molar-refractivity contribution in [3.63, 3.8) is 0 Å². The number of nitrogens with one attached hydrogen (secondary N) is 1. The third kappa shape index (κ3) is 4.41. The fourth-order valence-corrected chi connectivity index (χ4v) is 6.69. The summed E-state index contributed by atoms with van der Waals surface area (Å²) in [5.41, 5.74) is 5.21. The second kappa shape index (κ2) is 9.22. The Kier molecular flexibility index (Phi) is 5.83. The van der Waals surface area contributed by atoms with E-state index in [-0.39, 0.29) is 0 Å². The van der Waals surface area contributed by atoms with Gasteiger partial charge in [-0.05, 0) is 36.0 Å². The van der Waals surface area contributed by atoms with Gasteiger partial charge in [0.25, 0.3) is 0 Å². The lowest BCUT2D eigenvalue weighted by Gasteiger charge is -2.21. The number of hydrogen-bond acceptors (Lipinski definition) is 4. The third-order valence-corrected chi connectivity index (χ3v) is 8.32. The van der Waals surface area contributed by atoms with Crippen LogP contribution in [0.4, 0.5) is 5.13 Å². The number of anilines is 1. The van der Waals surface area contributed by atoms with Gasteiger partial charge in [0.05, 0.1) is 16.4 Å². The summed E-state index contributed by atoms with van der Waals surface area (Å²) >= 11 is 1.60. The zero-order valence-corrected chi connectivity index (χ0v) is 18.4. The van der Waals surface area contributed by atoms with E-state index in [4.69, 9.17) is 0 Å². The van der Waals surface area contributed by atoms with Gasteiger partial charge >= 0.3 is 0 Å². The van der Waals surface area contributed by atoms with Gasteiger partial charge in [-0.1, -0.05) is 108 Å². The maximum Gasteiger partial charge on any atom is 0.204 e. The molecule has 0 atom stereocenters. The summed E-state index contributed by atoms with van der Waals surface area (Å²) in [6, 6.07) is 38.1. The van der Waals surface area contributed by atoms with Crippen molar-refractivity contribution in [3.8, 4) is 0 Å². The van der Waals surface area contributed by atoms with Crippen molar-refractivity contribution < 1.29 is 0 Å². The molecule has 0 aliphatic carbocycles. The lowest BCUT2D eigenvalue weighted by Crippen LogP contribution is -2.23. The molecular formula is C26H20N3PS. The number of fused-ring (bicyclic) bond motifs is 1. The highest BCUT2D eigenvalue weighted by Crippen LogP contribution is 2.33. The number of rotatable bonds is 6. The normalized spacial score (nSPS) is 11.4. The van der Waals surface area contributed by atoms with E-state index in [1.165, 1.54) is 15.9 Å². The SMILES string of the molecule is C(=NNc1nc2ccccc2s1)c1ccccc1P(c1ccccc1)c1ccccc1. The lowest BCUT2D eigenvalue weighted by molar-refractivity contribution is 1.31. The lowest BCUT2D eigenvalue weighted by atomic mass is 10.2. The summed E-state index contributed by atoms with van der Waals surface area (Å²) in [7, 11) is -0.686. The molecule has 0 saturated heterocycles. The number of nitrogens with zero attached hydrogens (tertiary/aromatic N) is 2. The molecule has 5 rings (SSSR count). The van der Waals surface area contributed by atoms with Crippen molar-refractivity contribution in [1.29, 1.82) is 0 Å². The molecule has 0 spiro atoms. The Morgan fingerprint density at radius 1 is 0.710 bits per heavy atom. The first-order chi connectivity index (χ1) is 15.4. The molecule has 4 aromatic carbocycles. The Bertz CT molecular complexity index is 1240. The van der Waals surface area contributed by atoms with Crippen LogP contribution in [0.5, 0.6) is 0 Å². The Morgan fingerprint density at radius 2 is 1.32 bits per heavy atom. The minimum atomic E-state index is -0.686. The van der Waals surface area contributed by atoms with Gasteiger partial charge in [-0.2, -0.15) is 5.10 Å². The minimum absolute atomic E-state index is 0.686. The second-order valence-corrected chi connectivity index (χ2v) is 10.1. The largest absolute Gasteiger partial charge is 0.253 e. The van der Waals surface area contributed by atoms with Gasteiger partial charge in [0.15, 0.2) is 0 Å². The fourth-order valence-electron chi connectivity index (χ4n) is 3.46.